The maximum atomic E-state index is 14.4. The van der Waals surface area contributed by atoms with Gasteiger partial charge in [-0.25, -0.2) is 4.39 Å². The highest BCUT2D eigenvalue weighted by atomic mass is 19.1. The molecular formula is C20H24FN3O2. The van der Waals surface area contributed by atoms with Crippen molar-refractivity contribution in [2.24, 2.45) is 0 Å². The summed E-state index contributed by atoms with van der Waals surface area (Å²) in [6, 6.07) is 7.80. The van der Waals surface area contributed by atoms with Crippen molar-refractivity contribution in [1.29, 1.82) is 0 Å². The minimum atomic E-state index is -1.00. The number of rotatable bonds is 5. The number of aliphatic carboxylic acids is 1. The van der Waals surface area contributed by atoms with Crippen molar-refractivity contribution in [3.63, 3.8) is 0 Å². The number of hydrogen-bond acceptors (Lipinski definition) is 4. The molecule has 6 heteroatoms. The second-order valence-electron chi connectivity index (χ2n) is 6.79. The molecule has 2 aromatic rings. The van der Waals surface area contributed by atoms with Crippen LogP contribution in [0.3, 0.4) is 0 Å². The minimum absolute atomic E-state index is 0.241. The van der Waals surface area contributed by atoms with Gasteiger partial charge in [0.2, 0.25) is 0 Å². The van der Waals surface area contributed by atoms with E-state index in [4.69, 9.17) is 0 Å². The van der Waals surface area contributed by atoms with E-state index in [0.29, 0.717) is 13.1 Å². The number of benzene rings is 1. The quantitative estimate of drug-likeness (QED) is 0.892. The fourth-order valence-corrected chi connectivity index (χ4v) is 3.49. The van der Waals surface area contributed by atoms with Crippen LogP contribution in [0.4, 0.5) is 4.39 Å². The third kappa shape index (κ3) is 4.45. The van der Waals surface area contributed by atoms with Crippen molar-refractivity contribution in [1.82, 2.24) is 14.8 Å². The van der Waals surface area contributed by atoms with E-state index in [2.05, 4.69) is 9.88 Å². The zero-order valence-electron chi connectivity index (χ0n) is 14.9. The van der Waals surface area contributed by atoms with E-state index in [-0.39, 0.29) is 5.56 Å². The fraction of sp³-hybridized carbons (Fsp3) is 0.400. The van der Waals surface area contributed by atoms with Crippen LogP contribution in [-0.4, -0.2) is 52.0 Å². The Hall–Kier alpha value is -2.31. The number of aryl methyl sites for hydroxylation is 1. The number of nitrogens with zero attached hydrogens (tertiary/aromatic N) is 3. The first kappa shape index (κ1) is 18.5. The lowest BCUT2D eigenvalue weighted by Gasteiger charge is -2.28. The van der Waals surface area contributed by atoms with Gasteiger partial charge in [-0.05, 0) is 49.2 Å². The Morgan fingerprint density at radius 3 is 2.65 bits per heavy atom. The molecule has 1 unspecified atom stereocenters. The maximum Gasteiger partial charge on any atom is 0.325 e. The molecule has 1 aliphatic rings. The van der Waals surface area contributed by atoms with E-state index in [9.17, 15) is 14.3 Å². The van der Waals surface area contributed by atoms with Gasteiger partial charge < -0.3 is 5.11 Å². The highest BCUT2D eigenvalue weighted by Gasteiger charge is 2.31. The number of aromatic nitrogens is 1. The van der Waals surface area contributed by atoms with Crippen molar-refractivity contribution in [2.75, 3.05) is 26.2 Å². The van der Waals surface area contributed by atoms with Gasteiger partial charge in [-0.3, -0.25) is 19.6 Å². The predicted molar refractivity (Wildman–Crippen MR) is 97.2 cm³/mol. The predicted octanol–water partition coefficient (Wildman–Crippen LogP) is 2.86. The van der Waals surface area contributed by atoms with Crippen molar-refractivity contribution >= 4 is 5.97 Å². The molecule has 1 atom stereocenters. The summed E-state index contributed by atoms with van der Waals surface area (Å²) in [7, 11) is 0. The summed E-state index contributed by atoms with van der Waals surface area (Å²) >= 11 is 0. The van der Waals surface area contributed by atoms with E-state index >= 15 is 0 Å². The smallest absolute Gasteiger partial charge is 0.325 e. The van der Waals surface area contributed by atoms with Crippen LogP contribution in [0, 0.1) is 12.7 Å². The van der Waals surface area contributed by atoms with Crippen LogP contribution in [0.1, 0.15) is 29.2 Å². The Morgan fingerprint density at radius 2 is 1.96 bits per heavy atom. The SMILES string of the molecule is Cc1ccc(C(C(=O)O)N2CCCN(Cc3ccncc3)CC2)c(F)c1. The van der Waals surface area contributed by atoms with Gasteiger partial charge in [-0.1, -0.05) is 12.1 Å². The number of pyridine rings is 1. The van der Waals surface area contributed by atoms with Crippen molar-refractivity contribution in [2.45, 2.75) is 25.9 Å². The summed E-state index contributed by atoms with van der Waals surface area (Å²) < 4.78 is 14.4. The summed E-state index contributed by atoms with van der Waals surface area (Å²) in [6.45, 7) is 5.48. The molecule has 1 aromatic heterocycles. The molecule has 0 amide bonds. The molecule has 0 radical (unpaired) electrons. The topological polar surface area (TPSA) is 56.7 Å². The van der Waals surface area contributed by atoms with E-state index in [1.54, 1.807) is 31.5 Å². The van der Waals surface area contributed by atoms with Gasteiger partial charge in [0.25, 0.3) is 0 Å². The summed E-state index contributed by atoms with van der Waals surface area (Å²) in [4.78, 5) is 20.1. The summed E-state index contributed by atoms with van der Waals surface area (Å²) in [5.41, 5.74) is 2.22. The van der Waals surface area contributed by atoms with Gasteiger partial charge in [0.1, 0.15) is 11.9 Å². The minimum Gasteiger partial charge on any atom is -0.480 e. The maximum absolute atomic E-state index is 14.4. The van der Waals surface area contributed by atoms with Gasteiger partial charge in [0, 0.05) is 44.1 Å². The summed E-state index contributed by atoms with van der Waals surface area (Å²) in [5, 5.41) is 9.74. The van der Waals surface area contributed by atoms with Crippen molar-refractivity contribution < 1.29 is 14.3 Å². The van der Waals surface area contributed by atoms with E-state index in [1.165, 1.54) is 11.6 Å². The Morgan fingerprint density at radius 1 is 1.19 bits per heavy atom. The van der Waals surface area contributed by atoms with Crippen LogP contribution in [0.15, 0.2) is 42.7 Å². The first-order valence-electron chi connectivity index (χ1n) is 8.89. The molecule has 0 aliphatic carbocycles. The van der Waals surface area contributed by atoms with E-state index in [1.807, 2.05) is 17.0 Å². The first-order valence-corrected chi connectivity index (χ1v) is 8.89. The number of carbonyl (C=O) groups is 1. The van der Waals surface area contributed by atoms with Crippen LogP contribution in [-0.2, 0) is 11.3 Å². The fourth-order valence-electron chi connectivity index (χ4n) is 3.49. The average Bonchev–Trinajstić information content (AvgIpc) is 2.83. The molecule has 2 heterocycles. The van der Waals surface area contributed by atoms with E-state index in [0.717, 1.165) is 31.6 Å². The van der Waals surface area contributed by atoms with Crippen LogP contribution >= 0.6 is 0 Å². The third-order valence-electron chi connectivity index (χ3n) is 4.83. The number of hydrogen-bond donors (Lipinski definition) is 1. The molecule has 0 bridgehead atoms. The largest absolute Gasteiger partial charge is 0.480 e. The Kier molecular flexibility index (Phi) is 5.96. The third-order valence-corrected chi connectivity index (χ3v) is 4.83. The number of carboxylic acids is 1. The Labute approximate surface area is 153 Å². The van der Waals surface area contributed by atoms with Crippen LogP contribution in [0.2, 0.25) is 0 Å². The molecule has 0 spiro atoms. The van der Waals surface area contributed by atoms with Crippen molar-refractivity contribution in [3.05, 3.63) is 65.2 Å². The molecule has 26 heavy (non-hydrogen) atoms. The van der Waals surface area contributed by atoms with Crippen LogP contribution in [0.25, 0.3) is 0 Å². The van der Waals surface area contributed by atoms with Crippen LogP contribution < -0.4 is 0 Å². The lowest BCUT2D eigenvalue weighted by Crippen LogP contribution is -2.37. The second-order valence-corrected chi connectivity index (χ2v) is 6.79. The van der Waals surface area contributed by atoms with Gasteiger partial charge in [0.05, 0.1) is 0 Å². The molecule has 1 saturated heterocycles. The van der Waals surface area contributed by atoms with Gasteiger partial charge in [-0.2, -0.15) is 0 Å². The molecule has 1 aliphatic heterocycles. The molecule has 3 rings (SSSR count). The lowest BCUT2D eigenvalue weighted by molar-refractivity contribution is -0.143. The highest BCUT2D eigenvalue weighted by molar-refractivity contribution is 5.75. The van der Waals surface area contributed by atoms with Gasteiger partial charge in [0.15, 0.2) is 0 Å². The summed E-state index contributed by atoms with van der Waals surface area (Å²) in [6.07, 6.45) is 4.41. The van der Waals surface area contributed by atoms with Gasteiger partial charge >= 0.3 is 5.97 Å². The Bertz CT molecular complexity index is 754. The zero-order valence-corrected chi connectivity index (χ0v) is 14.9. The number of carboxylic acid groups (broad SMARTS) is 1. The van der Waals surface area contributed by atoms with Gasteiger partial charge in [-0.15, -0.1) is 0 Å². The molecule has 138 valence electrons. The average molecular weight is 357 g/mol. The first-order chi connectivity index (χ1) is 12.5. The molecule has 5 nitrogen and oxygen atoms in total. The Balaban J connectivity index is 1.72. The molecule has 1 N–H and O–H groups in total. The lowest BCUT2D eigenvalue weighted by atomic mass is 10.0. The monoisotopic (exact) mass is 357 g/mol. The summed E-state index contributed by atoms with van der Waals surface area (Å²) in [5.74, 6) is -1.45. The zero-order chi connectivity index (χ0) is 18.5. The van der Waals surface area contributed by atoms with Crippen molar-refractivity contribution in [3.8, 4) is 0 Å². The number of halogens is 1. The standard InChI is InChI=1S/C20H24FN3O2/c1-15-3-4-17(18(21)13-15)19(20(25)26)24-10-2-9-23(11-12-24)14-16-5-7-22-8-6-16/h3-8,13,19H,2,9-12,14H2,1H3,(H,25,26). The highest BCUT2D eigenvalue weighted by Crippen LogP contribution is 2.26. The van der Waals surface area contributed by atoms with E-state index < -0.39 is 17.8 Å². The molecule has 0 saturated carbocycles. The molecule has 1 fully saturated rings. The normalized spacial score (nSPS) is 17.6. The van der Waals surface area contributed by atoms with Crippen LogP contribution in [0.5, 0.6) is 0 Å². The second kappa shape index (κ2) is 8.38. The molecular weight excluding hydrogens is 333 g/mol. The molecule has 1 aromatic carbocycles.